The lowest BCUT2D eigenvalue weighted by Crippen LogP contribution is -2.26. The molecule has 0 spiro atoms. The molecule has 1 heterocycles. The van der Waals surface area contributed by atoms with Crippen LogP contribution >= 0.6 is 0 Å². The summed E-state index contributed by atoms with van der Waals surface area (Å²) in [5, 5.41) is 15.4. The number of aliphatic carboxylic acids is 1. The molecule has 0 radical (unpaired) electrons. The highest BCUT2D eigenvalue weighted by Gasteiger charge is 2.28. The second-order valence-corrected chi connectivity index (χ2v) is 5.87. The normalized spacial score (nSPS) is 12.9. The fraction of sp³-hybridized carbons (Fsp3) is 0.353. The Balaban J connectivity index is 1.86. The Bertz CT molecular complexity index is 833. The molecule has 25 heavy (non-hydrogen) atoms. The summed E-state index contributed by atoms with van der Waals surface area (Å²) in [4.78, 5) is 22.8. The Labute approximate surface area is 142 Å². The van der Waals surface area contributed by atoms with Gasteiger partial charge < -0.3 is 10.4 Å². The number of nitrogens with one attached hydrogen (secondary N) is 1. The Morgan fingerprint density at radius 1 is 1.28 bits per heavy atom. The highest BCUT2D eigenvalue weighted by molar-refractivity contribution is 5.94. The van der Waals surface area contributed by atoms with Crippen molar-refractivity contribution >= 4 is 11.9 Å². The summed E-state index contributed by atoms with van der Waals surface area (Å²) in [6.07, 6.45) is 2.35. The maximum absolute atomic E-state index is 14.1. The Hall–Kier alpha value is -2.77. The minimum Gasteiger partial charge on any atom is -0.481 e. The van der Waals surface area contributed by atoms with Crippen LogP contribution < -0.4 is 5.32 Å². The molecule has 0 saturated heterocycles. The van der Waals surface area contributed by atoms with Crippen molar-refractivity contribution in [1.82, 2.24) is 15.1 Å². The third kappa shape index (κ3) is 3.38. The number of benzene rings is 1. The van der Waals surface area contributed by atoms with Gasteiger partial charge in [0, 0.05) is 24.2 Å². The van der Waals surface area contributed by atoms with Gasteiger partial charge in [0.15, 0.2) is 17.3 Å². The van der Waals surface area contributed by atoms with Gasteiger partial charge in [-0.3, -0.25) is 9.59 Å². The van der Waals surface area contributed by atoms with Crippen molar-refractivity contribution in [2.45, 2.75) is 32.1 Å². The van der Waals surface area contributed by atoms with Gasteiger partial charge in [-0.15, -0.1) is 0 Å². The molecule has 2 N–H and O–H groups in total. The zero-order valence-corrected chi connectivity index (χ0v) is 13.4. The van der Waals surface area contributed by atoms with E-state index >= 15 is 0 Å². The maximum Gasteiger partial charge on any atom is 0.303 e. The molecular formula is C17H17F2N3O3. The average Bonchev–Trinajstić information content (AvgIpc) is 3.16. The van der Waals surface area contributed by atoms with Gasteiger partial charge in [-0.05, 0) is 37.8 Å². The van der Waals surface area contributed by atoms with Crippen molar-refractivity contribution in [2.24, 2.45) is 0 Å². The highest BCUT2D eigenvalue weighted by Crippen LogP contribution is 2.29. The zero-order valence-electron chi connectivity index (χ0n) is 13.4. The first kappa shape index (κ1) is 17.1. The van der Waals surface area contributed by atoms with Crippen LogP contribution in [-0.2, 0) is 17.6 Å². The molecule has 8 heteroatoms. The summed E-state index contributed by atoms with van der Waals surface area (Å²) < 4.78 is 28.9. The van der Waals surface area contributed by atoms with Crippen LogP contribution in [0.15, 0.2) is 18.2 Å². The van der Waals surface area contributed by atoms with Crippen LogP contribution in [0.4, 0.5) is 8.78 Å². The lowest BCUT2D eigenvalue weighted by Gasteiger charge is -2.07. The van der Waals surface area contributed by atoms with E-state index in [1.54, 1.807) is 0 Å². The van der Waals surface area contributed by atoms with Gasteiger partial charge in [-0.1, -0.05) is 6.07 Å². The predicted molar refractivity (Wildman–Crippen MR) is 84.7 cm³/mol. The number of carboxylic acids is 1. The van der Waals surface area contributed by atoms with Crippen molar-refractivity contribution in [3.8, 4) is 5.69 Å². The van der Waals surface area contributed by atoms with Gasteiger partial charge in [-0.25, -0.2) is 13.5 Å². The minimum absolute atomic E-state index is 0.0249. The van der Waals surface area contributed by atoms with E-state index in [4.69, 9.17) is 5.11 Å². The monoisotopic (exact) mass is 349 g/mol. The molecule has 132 valence electrons. The molecule has 3 rings (SSSR count). The first-order valence-corrected chi connectivity index (χ1v) is 8.04. The van der Waals surface area contributed by atoms with Crippen molar-refractivity contribution in [2.75, 3.05) is 6.54 Å². The quantitative estimate of drug-likeness (QED) is 0.784. The number of carboxylic acid groups (broad SMARTS) is 1. The predicted octanol–water partition coefficient (Wildman–Crippen LogP) is 2.23. The lowest BCUT2D eigenvalue weighted by atomic mass is 10.2. The van der Waals surface area contributed by atoms with Crippen LogP contribution in [0.3, 0.4) is 0 Å². The molecule has 0 bridgehead atoms. The minimum atomic E-state index is -1.01. The SMILES string of the molecule is O=C(O)CCCNC(=O)c1nn(-c2cccc(F)c2F)c2c1CCC2. The standard InChI is InChI=1S/C17H17F2N3O3/c18-11-5-2-7-13(15(11)19)22-12-6-1-4-10(12)16(21-22)17(25)20-9-3-8-14(23)24/h2,5,7H,1,3-4,6,8-9H2,(H,20,25)(H,23,24). The van der Waals surface area contributed by atoms with Gasteiger partial charge >= 0.3 is 5.97 Å². The summed E-state index contributed by atoms with van der Waals surface area (Å²) in [6.45, 7) is 0.209. The van der Waals surface area contributed by atoms with Crippen LogP contribution in [-0.4, -0.2) is 33.3 Å². The molecule has 1 aromatic carbocycles. The number of carbonyl (C=O) groups is 2. The van der Waals surface area contributed by atoms with E-state index in [1.165, 1.54) is 16.8 Å². The third-order valence-electron chi connectivity index (χ3n) is 4.16. The van der Waals surface area contributed by atoms with Gasteiger partial charge in [0.2, 0.25) is 0 Å². The van der Waals surface area contributed by atoms with Gasteiger partial charge in [0.05, 0.1) is 0 Å². The van der Waals surface area contributed by atoms with Crippen molar-refractivity contribution in [1.29, 1.82) is 0 Å². The fourth-order valence-electron chi connectivity index (χ4n) is 3.00. The van der Waals surface area contributed by atoms with Gasteiger partial charge in [-0.2, -0.15) is 5.10 Å². The summed E-state index contributed by atoms with van der Waals surface area (Å²) in [7, 11) is 0. The maximum atomic E-state index is 14.1. The Morgan fingerprint density at radius 3 is 2.84 bits per heavy atom. The van der Waals surface area contributed by atoms with E-state index in [1.807, 2.05) is 0 Å². The van der Waals surface area contributed by atoms with E-state index in [0.29, 0.717) is 25.0 Å². The molecule has 1 aliphatic carbocycles. The molecule has 1 aliphatic rings. The summed E-state index contributed by atoms with van der Waals surface area (Å²) in [5.74, 6) is -3.34. The number of hydrogen-bond acceptors (Lipinski definition) is 3. The second kappa shape index (κ2) is 7.00. The molecule has 6 nitrogen and oxygen atoms in total. The molecule has 0 saturated carbocycles. The van der Waals surface area contributed by atoms with Gasteiger partial charge in [0.25, 0.3) is 5.91 Å². The van der Waals surface area contributed by atoms with Crippen LogP contribution in [0.5, 0.6) is 0 Å². The van der Waals surface area contributed by atoms with E-state index in [-0.39, 0.29) is 24.3 Å². The van der Waals surface area contributed by atoms with E-state index in [2.05, 4.69) is 10.4 Å². The molecule has 2 aromatic rings. The average molecular weight is 349 g/mol. The lowest BCUT2D eigenvalue weighted by molar-refractivity contribution is -0.137. The summed E-state index contributed by atoms with van der Waals surface area (Å²) >= 11 is 0. The largest absolute Gasteiger partial charge is 0.481 e. The molecule has 0 fully saturated rings. The number of aromatic nitrogens is 2. The smallest absolute Gasteiger partial charge is 0.303 e. The number of fused-ring (bicyclic) bond motifs is 1. The molecule has 1 aromatic heterocycles. The number of nitrogens with zero attached hydrogens (tertiary/aromatic N) is 2. The zero-order chi connectivity index (χ0) is 18.0. The molecule has 0 unspecified atom stereocenters. The van der Waals surface area contributed by atoms with Crippen LogP contribution in [0, 0.1) is 11.6 Å². The molecular weight excluding hydrogens is 332 g/mol. The second-order valence-electron chi connectivity index (χ2n) is 5.87. The fourth-order valence-corrected chi connectivity index (χ4v) is 3.00. The summed E-state index contributed by atoms with van der Waals surface area (Å²) in [5.41, 5.74) is 1.61. The van der Waals surface area contributed by atoms with Crippen molar-refractivity contribution in [3.63, 3.8) is 0 Å². The van der Waals surface area contributed by atoms with E-state index < -0.39 is 23.5 Å². The Kier molecular flexibility index (Phi) is 4.78. The van der Waals surface area contributed by atoms with Crippen LogP contribution in [0.2, 0.25) is 0 Å². The van der Waals surface area contributed by atoms with Crippen LogP contribution in [0.1, 0.15) is 41.0 Å². The summed E-state index contributed by atoms with van der Waals surface area (Å²) in [6, 6.07) is 3.83. The van der Waals surface area contributed by atoms with E-state index in [9.17, 15) is 18.4 Å². The van der Waals surface area contributed by atoms with E-state index in [0.717, 1.165) is 18.1 Å². The van der Waals surface area contributed by atoms with Crippen molar-refractivity contribution < 1.29 is 23.5 Å². The first-order chi connectivity index (χ1) is 12.0. The van der Waals surface area contributed by atoms with Crippen molar-refractivity contribution in [3.05, 3.63) is 46.8 Å². The number of halogens is 2. The molecule has 1 amide bonds. The van der Waals surface area contributed by atoms with Crippen LogP contribution in [0.25, 0.3) is 5.69 Å². The molecule has 0 aliphatic heterocycles. The number of amides is 1. The Morgan fingerprint density at radius 2 is 2.08 bits per heavy atom. The number of hydrogen-bond donors (Lipinski definition) is 2. The highest BCUT2D eigenvalue weighted by atomic mass is 19.2. The topological polar surface area (TPSA) is 84.2 Å². The number of carbonyl (C=O) groups excluding carboxylic acids is 1. The number of rotatable bonds is 6. The third-order valence-corrected chi connectivity index (χ3v) is 4.16. The van der Waals surface area contributed by atoms with Gasteiger partial charge in [0.1, 0.15) is 5.69 Å². The first-order valence-electron chi connectivity index (χ1n) is 8.04. The molecule has 0 atom stereocenters.